The molecule has 3 heteroatoms. The summed E-state index contributed by atoms with van der Waals surface area (Å²) in [4.78, 5) is 0. The zero-order valence-corrected chi connectivity index (χ0v) is 10.8. The molecule has 0 fully saturated rings. The van der Waals surface area contributed by atoms with E-state index in [-0.39, 0.29) is 0 Å². The van der Waals surface area contributed by atoms with Crippen molar-refractivity contribution in [2.75, 3.05) is 0 Å². The van der Waals surface area contributed by atoms with Crippen LogP contribution in [0.15, 0.2) is 0 Å². The molecule has 0 aliphatic carbocycles. The molecule has 0 heterocycles. The summed E-state index contributed by atoms with van der Waals surface area (Å²) >= 11 is 1.80. The molecule has 1 nitrogen and oxygen atoms in total. The van der Waals surface area contributed by atoms with E-state index in [9.17, 15) is 4.57 Å². The molecule has 0 aliphatic rings. The Bertz CT molecular complexity index is 138. The predicted molar refractivity (Wildman–Crippen MR) is 47.1 cm³/mol. The summed E-state index contributed by atoms with van der Waals surface area (Å²) in [5.74, 6) is 0.0133. The molecule has 0 N–H and O–H groups in total. The van der Waals surface area contributed by atoms with Crippen molar-refractivity contribution in [2.45, 2.75) is 39.8 Å². The monoisotopic (exact) mass is 259 g/mol. The first-order valence-electron chi connectivity index (χ1n) is 4.21. The molecule has 0 saturated heterocycles. The number of hydrogen-bond donors (Lipinski definition) is 0. The van der Waals surface area contributed by atoms with Gasteiger partial charge >= 0.3 is 81.4 Å². The molecule has 11 heavy (non-hydrogen) atoms. The summed E-state index contributed by atoms with van der Waals surface area (Å²) in [6.45, 7) is 8.77. The summed E-state index contributed by atoms with van der Waals surface area (Å²) in [6.07, 6.45) is 1.20. The molecule has 67 valence electrons. The summed E-state index contributed by atoms with van der Waals surface area (Å²) < 4.78 is 11.2. The Kier molecular flexibility index (Phi) is 6.01. The van der Waals surface area contributed by atoms with Crippen molar-refractivity contribution in [3.8, 4) is 0 Å². The Morgan fingerprint density at radius 2 is 1.82 bits per heavy atom. The second-order valence-corrected chi connectivity index (χ2v) is 7.87. The van der Waals surface area contributed by atoms with E-state index in [1.54, 1.807) is 19.3 Å². The van der Waals surface area contributed by atoms with Crippen LogP contribution in [0.2, 0.25) is 0 Å². The molecule has 0 saturated carbocycles. The zero-order valence-electron chi connectivity index (χ0n) is 7.76. The van der Waals surface area contributed by atoms with Crippen LogP contribution in [-0.4, -0.2) is 5.66 Å². The van der Waals surface area contributed by atoms with E-state index in [4.69, 9.17) is 0 Å². The predicted octanol–water partition coefficient (Wildman–Crippen LogP) is 3.08. The SMILES string of the molecule is CCC(C)C(C)C(C)[PH](=O)[Mo]. The first kappa shape index (κ1) is 11.9. The minimum atomic E-state index is -1.31. The van der Waals surface area contributed by atoms with Crippen LogP contribution in [0.5, 0.6) is 0 Å². The van der Waals surface area contributed by atoms with Gasteiger partial charge in [0.2, 0.25) is 0 Å². The van der Waals surface area contributed by atoms with Crippen LogP contribution in [0.25, 0.3) is 0 Å². The topological polar surface area (TPSA) is 17.1 Å². The van der Waals surface area contributed by atoms with Crippen molar-refractivity contribution < 1.29 is 23.9 Å². The van der Waals surface area contributed by atoms with Crippen molar-refractivity contribution in [3.63, 3.8) is 0 Å². The molecule has 0 radical (unpaired) electrons. The van der Waals surface area contributed by atoms with Crippen LogP contribution in [0.3, 0.4) is 0 Å². The fourth-order valence-electron chi connectivity index (χ4n) is 1.08. The molecule has 0 bridgehead atoms. The molecule has 0 spiro atoms. The maximum absolute atomic E-state index is 11.2. The second kappa shape index (κ2) is 5.54. The van der Waals surface area contributed by atoms with E-state index in [0.29, 0.717) is 17.5 Å². The number of rotatable bonds is 4. The normalized spacial score (nSPS) is 22.2. The Morgan fingerprint density at radius 1 is 1.36 bits per heavy atom. The van der Waals surface area contributed by atoms with Crippen LogP contribution < -0.4 is 0 Å². The van der Waals surface area contributed by atoms with Crippen molar-refractivity contribution in [1.82, 2.24) is 0 Å². The molecule has 0 aromatic rings. The van der Waals surface area contributed by atoms with Crippen LogP contribution >= 0.6 is 5.89 Å². The van der Waals surface area contributed by atoms with Crippen molar-refractivity contribution >= 4 is 5.89 Å². The van der Waals surface area contributed by atoms with Gasteiger partial charge in [-0.15, -0.1) is 0 Å². The van der Waals surface area contributed by atoms with Crippen LogP contribution in [-0.2, 0) is 23.9 Å². The van der Waals surface area contributed by atoms with E-state index >= 15 is 0 Å². The van der Waals surface area contributed by atoms with Gasteiger partial charge < -0.3 is 0 Å². The molecule has 4 unspecified atom stereocenters. The molecule has 0 aromatic carbocycles. The number of hydrogen-bond acceptors (Lipinski definition) is 1. The zero-order chi connectivity index (χ0) is 9.02. The molecule has 0 amide bonds. The van der Waals surface area contributed by atoms with Gasteiger partial charge in [0.1, 0.15) is 0 Å². The van der Waals surface area contributed by atoms with Gasteiger partial charge in [0.15, 0.2) is 0 Å². The maximum atomic E-state index is 11.2. The summed E-state index contributed by atoms with van der Waals surface area (Å²) in [7, 11) is 0. The Hall–Kier alpha value is 0.918. The standard InChI is InChI=1S/C8H17OP.Mo/c1-5-6(2)7(3)8(4)10-9;/h6-8H,5H2,1-4H3;/q;-1/p+1. The van der Waals surface area contributed by atoms with Crippen molar-refractivity contribution in [1.29, 1.82) is 0 Å². The Balaban J connectivity index is 4.00. The fourth-order valence-corrected chi connectivity index (χ4v) is 3.42. The van der Waals surface area contributed by atoms with E-state index in [1.165, 1.54) is 6.42 Å². The summed E-state index contributed by atoms with van der Waals surface area (Å²) in [5, 5.41) is 0. The van der Waals surface area contributed by atoms with Gasteiger partial charge in [0.25, 0.3) is 0 Å². The van der Waals surface area contributed by atoms with E-state index < -0.39 is 5.89 Å². The third kappa shape index (κ3) is 3.90. The Labute approximate surface area is 81.5 Å². The quantitative estimate of drug-likeness (QED) is 0.558. The average Bonchev–Trinajstić information content (AvgIpc) is 2.00. The molecule has 0 aromatic heterocycles. The van der Waals surface area contributed by atoms with E-state index in [2.05, 4.69) is 27.7 Å². The van der Waals surface area contributed by atoms with Gasteiger partial charge in [-0.05, 0) is 0 Å². The van der Waals surface area contributed by atoms with Gasteiger partial charge in [-0.25, -0.2) is 0 Å². The third-order valence-corrected chi connectivity index (χ3v) is 6.71. The van der Waals surface area contributed by atoms with Gasteiger partial charge in [0, 0.05) is 0 Å². The minimum absolute atomic E-state index is 0.416. The van der Waals surface area contributed by atoms with Crippen LogP contribution in [0.1, 0.15) is 34.1 Å². The van der Waals surface area contributed by atoms with Gasteiger partial charge in [-0.1, -0.05) is 0 Å². The molecule has 4 atom stereocenters. The van der Waals surface area contributed by atoms with Crippen molar-refractivity contribution in [3.05, 3.63) is 0 Å². The first-order chi connectivity index (χ1) is 5.00. The molecular weight excluding hydrogens is 239 g/mol. The summed E-state index contributed by atoms with van der Waals surface area (Å²) in [6, 6.07) is 0. The second-order valence-electron chi connectivity index (χ2n) is 3.35. The van der Waals surface area contributed by atoms with Crippen LogP contribution in [0.4, 0.5) is 0 Å². The van der Waals surface area contributed by atoms with E-state index in [0.717, 1.165) is 0 Å². The van der Waals surface area contributed by atoms with Gasteiger partial charge in [-0.3, -0.25) is 0 Å². The fraction of sp³-hybridized carbons (Fsp3) is 1.00. The summed E-state index contributed by atoms with van der Waals surface area (Å²) in [5.41, 5.74) is 0.416. The average molecular weight is 257 g/mol. The Morgan fingerprint density at radius 3 is 2.09 bits per heavy atom. The molecule has 0 aliphatic heterocycles. The first-order valence-corrected chi connectivity index (χ1v) is 8.62. The van der Waals surface area contributed by atoms with E-state index in [1.807, 2.05) is 0 Å². The molecule has 0 rings (SSSR count). The molecular formula is C8H18MoOP. The third-order valence-electron chi connectivity index (χ3n) is 2.70. The van der Waals surface area contributed by atoms with Gasteiger partial charge in [0.05, 0.1) is 0 Å². The van der Waals surface area contributed by atoms with Crippen molar-refractivity contribution in [2.24, 2.45) is 11.8 Å². The van der Waals surface area contributed by atoms with Gasteiger partial charge in [-0.2, -0.15) is 0 Å². The van der Waals surface area contributed by atoms with Crippen LogP contribution in [0, 0.1) is 11.8 Å².